The van der Waals surface area contributed by atoms with E-state index in [1.54, 1.807) is 29.8 Å². The topological polar surface area (TPSA) is 54.7 Å². The Kier molecular flexibility index (Phi) is 4.57. The van der Waals surface area contributed by atoms with E-state index >= 15 is 0 Å². The zero-order chi connectivity index (χ0) is 16.2. The van der Waals surface area contributed by atoms with Crippen LogP contribution in [0.2, 0.25) is 0 Å². The van der Waals surface area contributed by atoms with Gasteiger partial charge in [0.05, 0.1) is 28.7 Å². The van der Waals surface area contributed by atoms with E-state index in [-0.39, 0.29) is 0 Å². The molecule has 3 heterocycles. The number of nitrogens with one attached hydrogen (secondary N) is 1. The van der Waals surface area contributed by atoms with E-state index in [9.17, 15) is 0 Å². The second kappa shape index (κ2) is 7.15. The molecule has 4 nitrogen and oxygen atoms in total. The number of H-pyrrole nitrogens is 1. The zero-order valence-corrected chi connectivity index (χ0v) is 14.4. The lowest BCUT2D eigenvalue weighted by Crippen LogP contribution is -1.88. The standard InChI is InChI=1S/C18H15N3OS2/c1-2-6-17-16(5-1)20-18(21-17)24-11-13-10-15(7-8-19-13)23-12-14-4-3-9-22-14/h1-10H,11-12H2,(H,20,21). The number of benzene rings is 1. The van der Waals surface area contributed by atoms with Crippen LogP contribution in [0.5, 0.6) is 0 Å². The number of rotatable bonds is 6. The van der Waals surface area contributed by atoms with Gasteiger partial charge in [-0.05, 0) is 36.4 Å². The summed E-state index contributed by atoms with van der Waals surface area (Å²) in [6.07, 6.45) is 3.57. The van der Waals surface area contributed by atoms with Crippen molar-refractivity contribution in [1.82, 2.24) is 15.0 Å². The summed E-state index contributed by atoms with van der Waals surface area (Å²) < 4.78 is 5.37. The Bertz CT molecular complexity index is 901. The van der Waals surface area contributed by atoms with Gasteiger partial charge >= 0.3 is 0 Å². The molecule has 0 aliphatic carbocycles. The summed E-state index contributed by atoms with van der Waals surface area (Å²) in [6, 6.07) is 16.1. The fraction of sp³-hybridized carbons (Fsp3) is 0.111. The number of thioether (sulfide) groups is 2. The second-order valence-electron chi connectivity index (χ2n) is 5.20. The Morgan fingerprint density at radius 2 is 1.96 bits per heavy atom. The Morgan fingerprint density at radius 3 is 2.83 bits per heavy atom. The van der Waals surface area contributed by atoms with Crippen LogP contribution in [0.25, 0.3) is 11.0 Å². The molecule has 0 saturated carbocycles. The van der Waals surface area contributed by atoms with Gasteiger partial charge in [-0.3, -0.25) is 4.98 Å². The maximum Gasteiger partial charge on any atom is 0.166 e. The summed E-state index contributed by atoms with van der Waals surface area (Å²) in [5.74, 6) is 2.59. The Hall–Kier alpha value is -2.18. The molecule has 0 radical (unpaired) electrons. The molecule has 0 aliphatic rings. The lowest BCUT2D eigenvalue weighted by Gasteiger charge is -2.03. The van der Waals surface area contributed by atoms with Gasteiger partial charge in [0, 0.05) is 16.8 Å². The lowest BCUT2D eigenvalue weighted by atomic mass is 10.3. The number of furan rings is 1. The molecule has 0 spiro atoms. The van der Waals surface area contributed by atoms with Gasteiger partial charge in [-0.15, -0.1) is 11.8 Å². The summed E-state index contributed by atoms with van der Waals surface area (Å²) >= 11 is 3.42. The van der Waals surface area contributed by atoms with Crippen LogP contribution < -0.4 is 0 Å². The minimum absolute atomic E-state index is 0.787. The SMILES string of the molecule is c1coc(CSc2ccnc(CSc3nc4ccccc4[nH]3)c2)c1. The summed E-state index contributed by atoms with van der Waals surface area (Å²) in [4.78, 5) is 13.6. The van der Waals surface area contributed by atoms with Crippen molar-refractivity contribution >= 4 is 34.6 Å². The quantitative estimate of drug-likeness (QED) is 0.487. The first-order chi connectivity index (χ1) is 11.9. The molecule has 6 heteroatoms. The monoisotopic (exact) mass is 353 g/mol. The number of nitrogens with zero attached hydrogens (tertiary/aromatic N) is 2. The maximum atomic E-state index is 5.37. The largest absolute Gasteiger partial charge is 0.468 e. The van der Waals surface area contributed by atoms with E-state index < -0.39 is 0 Å². The van der Waals surface area contributed by atoms with Crippen molar-refractivity contribution in [2.24, 2.45) is 0 Å². The molecule has 120 valence electrons. The minimum Gasteiger partial charge on any atom is -0.468 e. The van der Waals surface area contributed by atoms with Crippen molar-refractivity contribution in [3.8, 4) is 0 Å². The molecule has 0 unspecified atom stereocenters. The lowest BCUT2D eigenvalue weighted by molar-refractivity contribution is 0.530. The smallest absolute Gasteiger partial charge is 0.166 e. The van der Waals surface area contributed by atoms with Crippen LogP contribution in [-0.4, -0.2) is 15.0 Å². The summed E-state index contributed by atoms with van der Waals surface area (Å²) in [6.45, 7) is 0. The van der Waals surface area contributed by atoms with E-state index in [4.69, 9.17) is 4.42 Å². The first-order valence-corrected chi connectivity index (χ1v) is 9.51. The highest BCUT2D eigenvalue weighted by atomic mass is 32.2. The number of hydrogen-bond acceptors (Lipinski definition) is 5. The summed E-state index contributed by atoms with van der Waals surface area (Å²) in [5, 5.41) is 0.923. The number of para-hydroxylation sites is 2. The van der Waals surface area contributed by atoms with E-state index in [0.717, 1.165) is 39.1 Å². The van der Waals surface area contributed by atoms with E-state index in [1.165, 1.54) is 4.90 Å². The molecular weight excluding hydrogens is 338 g/mol. The van der Waals surface area contributed by atoms with Crippen LogP contribution in [0.1, 0.15) is 11.5 Å². The average Bonchev–Trinajstić information content (AvgIpc) is 3.27. The van der Waals surface area contributed by atoms with Gasteiger partial charge < -0.3 is 9.40 Å². The van der Waals surface area contributed by atoms with Gasteiger partial charge in [0.25, 0.3) is 0 Å². The minimum atomic E-state index is 0.787. The number of aromatic nitrogens is 3. The highest BCUT2D eigenvalue weighted by Crippen LogP contribution is 2.26. The third kappa shape index (κ3) is 3.66. The molecule has 0 fully saturated rings. The zero-order valence-electron chi connectivity index (χ0n) is 12.8. The van der Waals surface area contributed by atoms with Crippen molar-refractivity contribution in [3.63, 3.8) is 0 Å². The summed E-state index contributed by atoms with van der Waals surface area (Å²) in [5.41, 5.74) is 3.11. The molecule has 1 N–H and O–H groups in total. The van der Waals surface area contributed by atoms with Gasteiger partial charge in [0.1, 0.15) is 5.76 Å². The van der Waals surface area contributed by atoms with Crippen LogP contribution in [0.3, 0.4) is 0 Å². The van der Waals surface area contributed by atoms with Gasteiger partial charge in [-0.25, -0.2) is 4.98 Å². The second-order valence-corrected chi connectivity index (χ2v) is 7.21. The van der Waals surface area contributed by atoms with E-state index in [1.807, 2.05) is 48.7 Å². The molecule has 0 atom stereocenters. The number of hydrogen-bond donors (Lipinski definition) is 1. The normalized spacial score (nSPS) is 11.2. The van der Waals surface area contributed by atoms with Crippen LogP contribution in [0.4, 0.5) is 0 Å². The highest BCUT2D eigenvalue weighted by Gasteiger charge is 2.05. The number of pyridine rings is 1. The van der Waals surface area contributed by atoms with Crippen LogP contribution in [-0.2, 0) is 11.5 Å². The van der Waals surface area contributed by atoms with E-state index in [0.29, 0.717) is 0 Å². The van der Waals surface area contributed by atoms with Crippen molar-refractivity contribution in [1.29, 1.82) is 0 Å². The third-order valence-electron chi connectivity index (χ3n) is 3.47. The van der Waals surface area contributed by atoms with Crippen LogP contribution in [0.15, 0.2) is 75.5 Å². The highest BCUT2D eigenvalue weighted by molar-refractivity contribution is 7.98. The van der Waals surface area contributed by atoms with Gasteiger partial charge in [-0.2, -0.15) is 0 Å². The fourth-order valence-corrected chi connectivity index (χ4v) is 3.95. The first kappa shape index (κ1) is 15.4. The molecule has 3 aromatic heterocycles. The predicted octanol–water partition coefficient (Wildman–Crippen LogP) is 5.14. The van der Waals surface area contributed by atoms with Crippen molar-refractivity contribution < 1.29 is 4.42 Å². The number of imidazole rings is 1. The molecule has 24 heavy (non-hydrogen) atoms. The Balaban J connectivity index is 1.40. The molecule has 0 aliphatic heterocycles. The van der Waals surface area contributed by atoms with Crippen molar-refractivity contribution in [2.45, 2.75) is 21.6 Å². The molecule has 0 bridgehead atoms. The number of aromatic amines is 1. The third-order valence-corrected chi connectivity index (χ3v) is 5.40. The van der Waals surface area contributed by atoms with Crippen LogP contribution in [0, 0.1) is 0 Å². The number of fused-ring (bicyclic) bond motifs is 1. The fourth-order valence-electron chi connectivity index (χ4n) is 2.31. The van der Waals surface area contributed by atoms with E-state index in [2.05, 4.69) is 21.0 Å². The van der Waals surface area contributed by atoms with Gasteiger partial charge in [0.2, 0.25) is 0 Å². The molecule has 4 rings (SSSR count). The summed E-state index contributed by atoms with van der Waals surface area (Å²) in [7, 11) is 0. The molecule has 0 saturated heterocycles. The predicted molar refractivity (Wildman–Crippen MR) is 98.2 cm³/mol. The molecule has 4 aromatic rings. The van der Waals surface area contributed by atoms with Crippen molar-refractivity contribution in [3.05, 3.63) is 72.4 Å². The maximum absolute atomic E-state index is 5.37. The van der Waals surface area contributed by atoms with Gasteiger partial charge in [-0.1, -0.05) is 23.9 Å². The van der Waals surface area contributed by atoms with Crippen molar-refractivity contribution in [2.75, 3.05) is 0 Å². The molecule has 0 amide bonds. The Labute approximate surface area is 148 Å². The molecule has 1 aromatic carbocycles. The Morgan fingerprint density at radius 1 is 1.00 bits per heavy atom. The van der Waals surface area contributed by atoms with Gasteiger partial charge in [0.15, 0.2) is 5.16 Å². The first-order valence-electron chi connectivity index (χ1n) is 7.54. The van der Waals surface area contributed by atoms with Crippen LogP contribution >= 0.6 is 23.5 Å². The molecular formula is C18H15N3OS2. The average molecular weight is 353 g/mol.